The highest BCUT2D eigenvalue weighted by Gasteiger charge is 2.20. The number of pyridine rings is 2. The van der Waals surface area contributed by atoms with Gasteiger partial charge in [0.25, 0.3) is 0 Å². The molecular weight excluding hydrogens is 408 g/mol. The molecule has 0 unspecified atom stereocenters. The van der Waals surface area contributed by atoms with Crippen molar-refractivity contribution >= 4 is 37.5 Å². The van der Waals surface area contributed by atoms with Crippen molar-refractivity contribution in [3.63, 3.8) is 0 Å². The van der Waals surface area contributed by atoms with E-state index in [1.54, 1.807) is 6.20 Å². The van der Waals surface area contributed by atoms with Gasteiger partial charge in [0.05, 0.1) is 11.4 Å². The first-order valence-corrected chi connectivity index (χ1v) is 8.99. The summed E-state index contributed by atoms with van der Waals surface area (Å²) >= 11 is 6.97. The molecule has 1 N–H and O–H groups in total. The molecule has 2 aromatic rings. The van der Waals surface area contributed by atoms with Crippen LogP contribution in [0.15, 0.2) is 45.7 Å². The summed E-state index contributed by atoms with van der Waals surface area (Å²) in [6.07, 6.45) is 5.92. The standard InChI is InChI=1S/C16H18Br2N4/c17-12-9-15(16(18)20-10-12)21-13-4-7-22(8-5-13)11-14-3-1-2-6-19-14/h1-3,6,9-10,13,21H,4-5,7-8,11H2. The summed E-state index contributed by atoms with van der Waals surface area (Å²) in [6.45, 7) is 3.12. The topological polar surface area (TPSA) is 41.1 Å². The fraction of sp³-hybridized carbons (Fsp3) is 0.375. The molecule has 3 heterocycles. The Morgan fingerprint density at radius 3 is 2.73 bits per heavy atom. The van der Waals surface area contributed by atoms with Gasteiger partial charge >= 0.3 is 0 Å². The maximum absolute atomic E-state index is 4.40. The van der Waals surface area contributed by atoms with Gasteiger partial charge in [-0.15, -0.1) is 0 Å². The molecule has 1 aliphatic heterocycles. The summed E-state index contributed by atoms with van der Waals surface area (Å²) < 4.78 is 1.86. The van der Waals surface area contributed by atoms with Crippen molar-refractivity contribution in [3.05, 3.63) is 51.4 Å². The van der Waals surface area contributed by atoms with E-state index in [9.17, 15) is 0 Å². The van der Waals surface area contributed by atoms with Gasteiger partial charge in [-0.05, 0) is 62.9 Å². The first kappa shape index (κ1) is 15.9. The molecule has 0 radical (unpaired) electrons. The second-order valence-corrected chi connectivity index (χ2v) is 7.17. The predicted molar refractivity (Wildman–Crippen MR) is 95.8 cm³/mol. The highest BCUT2D eigenvalue weighted by atomic mass is 79.9. The number of piperidine rings is 1. The Kier molecular flexibility index (Phi) is 5.44. The lowest BCUT2D eigenvalue weighted by Crippen LogP contribution is -2.38. The summed E-state index contributed by atoms with van der Waals surface area (Å²) in [7, 11) is 0. The third-order valence-corrected chi connectivity index (χ3v) is 4.93. The third kappa shape index (κ3) is 4.27. The number of hydrogen-bond donors (Lipinski definition) is 1. The van der Waals surface area contributed by atoms with Crippen molar-refractivity contribution in [3.8, 4) is 0 Å². The molecule has 1 fully saturated rings. The van der Waals surface area contributed by atoms with E-state index in [0.717, 1.165) is 52.9 Å². The van der Waals surface area contributed by atoms with Gasteiger partial charge in [0.2, 0.25) is 0 Å². The molecule has 0 atom stereocenters. The average Bonchev–Trinajstić information content (AvgIpc) is 2.54. The Labute approximate surface area is 147 Å². The van der Waals surface area contributed by atoms with Gasteiger partial charge in [-0.25, -0.2) is 4.98 Å². The Morgan fingerprint density at radius 1 is 1.18 bits per heavy atom. The number of nitrogens with one attached hydrogen (secondary N) is 1. The number of rotatable bonds is 4. The Hall–Kier alpha value is -0.980. The largest absolute Gasteiger partial charge is 0.380 e. The van der Waals surface area contributed by atoms with Gasteiger partial charge in [0, 0.05) is 42.5 Å². The van der Waals surface area contributed by atoms with E-state index in [0.29, 0.717) is 6.04 Å². The van der Waals surface area contributed by atoms with Crippen molar-refractivity contribution in [1.29, 1.82) is 0 Å². The number of likely N-dealkylation sites (tertiary alicyclic amines) is 1. The van der Waals surface area contributed by atoms with Crippen LogP contribution in [-0.4, -0.2) is 34.0 Å². The smallest absolute Gasteiger partial charge is 0.129 e. The number of hydrogen-bond acceptors (Lipinski definition) is 4. The molecule has 22 heavy (non-hydrogen) atoms. The van der Waals surface area contributed by atoms with Crippen LogP contribution in [0.4, 0.5) is 5.69 Å². The van der Waals surface area contributed by atoms with E-state index in [2.05, 4.69) is 70.2 Å². The molecule has 4 nitrogen and oxygen atoms in total. The van der Waals surface area contributed by atoms with Crippen LogP contribution >= 0.6 is 31.9 Å². The molecule has 116 valence electrons. The molecule has 0 bridgehead atoms. The summed E-state index contributed by atoms with van der Waals surface area (Å²) in [5, 5.41) is 3.59. The van der Waals surface area contributed by atoms with E-state index in [1.807, 2.05) is 12.3 Å². The zero-order valence-electron chi connectivity index (χ0n) is 12.2. The Bertz CT molecular complexity index is 613. The van der Waals surface area contributed by atoms with Gasteiger partial charge in [0.1, 0.15) is 4.60 Å². The van der Waals surface area contributed by atoms with E-state index in [4.69, 9.17) is 0 Å². The monoisotopic (exact) mass is 424 g/mol. The van der Waals surface area contributed by atoms with E-state index >= 15 is 0 Å². The lowest BCUT2D eigenvalue weighted by Gasteiger charge is -2.32. The molecule has 3 rings (SSSR count). The second kappa shape index (κ2) is 7.53. The molecule has 0 aliphatic carbocycles. The fourth-order valence-corrected chi connectivity index (χ4v) is 3.36. The molecular formula is C16H18Br2N4. The van der Waals surface area contributed by atoms with Crippen LogP contribution in [0.25, 0.3) is 0 Å². The van der Waals surface area contributed by atoms with Crippen molar-refractivity contribution in [2.45, 2.75) is 25.4 Å². The molecule has 1 aliphatic rings. The molecule has 0 spiro atoms. The normalized spacial score (nSPS) is 16.6. The summed E-state index contributed by atoms with van der Waals surface area (Å²) in [4.78, 5) is 11.2. The minimum atomic E-state index is 0.493. The first-order chi connectivity index (χ1) is 10.7. The van der Waals surface area contributed by atoms with Gasteiger partial charge in [-0.1, -0.05) is 6.07 Å². The van der Waals surface area contributed by atoms with Crippen molar-refractivity contribution in [1.82, 2.24) is 14.9 Å². The molecule has 0 aromatic carbocycles. The zero-order chi connectivity index (χ0) is 15.4. The average molecular weight is 426 g/mol. The lowest BCUT2D eigenvalue weighted by molar-refractivity contribution is 0.209. The highest BCUT2D eigenvalue weighted by Crippen LogP contribution is 2.26. The Balaban J connectivity index is 1.52. The first-order valence-electron chi connectivity index (χ1n) is 7.40. The number of halogens is 2. The van der Waals surface area contributed by atoms with E-state index in [1.165, 1.54) is 0 Å². The molecule has 2 aromatic heterocycles. The van der Waals surface area contributed by atoms with Crippen LogP contribution in [0.1, 0.15) is 18.5 Å². The third-order valence-electron chi connectivity index (χ3n) is 3.86. The van der Waals surface area contributed by atoms with Crippen LogP contribution in [0.3, 0.4) is 0 Å². The number of anilines is 1. The van der Waals surface area contributed by atoms with Crippen molar-refractivity contribution in [2.24, 2.45) is 0 Å². The quantitative estimate of drug-likeness (QED) is 0.749. The molecule has 0 amide bonds. The van der Waals surface area contributed by atoms with Crippen LogP contribution in [0.5, 0.6) is 0 Å². The summed E-state index contributed by atoms with van der Waals surface area (Å²) in [6, 6.07) is 8.66. The van der Waals surface area contributed by atoms with Crippen LogP contribution in [0.2, 0.25) is 0 Å². The van der Waals surface area contributed by atoms with Crippen LogP contribution in [-0.2, 0) is 6.54 Å². The summed E-state index contributed by atoms with van der Waals surface area (Å²) in [5.41, 5.74) is 2.20. The highest BCUT2D eigenvalue weighted by molar-refractivity contribution is 9.11. The van der Waals surface area contributed by atoms with Crippen molar-refractivity contribution in [2.75, 3.05) is 18.4 Å². The number of aromatic nitrogens is 2. The fourth-order valence-electron chi connectivity index (χ4n) is 2.70. The van der Waals surface area contributed by atoms with Gasteiger partial charge < -0.3 is 5.32 Å². The minimum Gasteiger partial charge on any atom is -0.380 e. The molecule has 0 saturated carbocycles. The zero-order valence-corrected chi connectivity index (χ0v) is 15.3. The van der Waals surface area contributed by atoms with Gasteiger partial charge in [-0.3, -0.25) is 9.88 Å². The maximum atomic E-state index is 4.40. The minimum absolute atomic E-state index is 0.493. The molecule has 1 saturated heterocycles. The predicted octanol–water partition coefficient (Wildman–Crippen LogP) is 4.08. The second-order valence-electron chi connectivity index (χ2n) is 5.51. The molecule has 6 heteroatoms. The number of nitrogens with zero attached hydrogens (tertiary/aromatic N) is 3. The lowest BCUT2D eigenvalue weighted by atomic mass is 10.0. The van der Waals surface area contributed by atoms with E-state index in [-0.39, 0.29) is 0 Å². The van der Waals surface area contributed by atoms with Gasteiger partial charge in [0.15, 0.2) is 0 Å². The Morgan fingerprint density at radius 2 is 2.00 bits per heavy atom. The SMILES string of the molecule is Brc1cnc(Br)c(NC2CCN(Cc3ccccn3)CC2)c1. The van der Waals surface area contributed by atoms with Crippen molar-refractivity contribution < 1.29 is 0 Å². The van der Waals surface area contributed by atoms with Crippen LogP contribution in [0, 0.1) is 0 Å². The van der Waals surface area contributed by atoms with Gasteiger partial charge in [-0.2, -0.15) is 0 Å². The maximum Gasteiger partial charge on any atom is 0.129 e. The summed E-state index contributed by atoms with van der Waals surface area (Å²) in [5.74, 6) is 0. The van der Waals surface area contributed by atoms with Crippen LogP contribution < -0.4 is 5.32 Å². The van der Waals surface area contributed by atoms with E-state index < -0.39 is 0 Å².